The highest BCUT2D eigenvalue weighted by molar-refractivity contribution is 5.86. The van der Waals surface area contributed by atoms with Gasteiger partial charge in [0.1, 0.15) is 5.82 Å². The number of allylic oxidation sites excluding steroid dienone is 1. The molecule has 1 heterocycles. The summed E-state index contributed by atoms with van der Waals surface area (Å²) in [6, 6.07) is 14.9. The molecule has 0 atom stereocenters. The van der Waals surface area contributed by atoms with Crippen molar-refractivity contribution in [2.24, 2.45) is 5.73 Å². The van der Waals surface area contributed by atoms with Crippen molar-refractivity contribution >= 4 is 28.7 Å². The van der Waals surface area contributed by atoms with E-state index in [1.54, 1.807) is 6.07 Å². The van der Waals surface area contributed by atoms with Gasteiger partial charge in [-0.1, -0.05) is 45.5 Å². The number of aromatic amines is 1. The number of benzene rings is 2. The van der Waals surface area contributed by atoms with Crippen molar-refractivity contribution in [2.45, 2.75) is 54.9 Å². The van der Waals surface area contributed by atoms with Gasteiger partial charge in [-0.05, 0) is 81.7 Å². The average Bonchev–Trinajstić information content (AvgIpc) is 3.19. The van der Waals surface area contributed by atoms with Crippen LogP contribution in [-0.4, -0.2) is 18.1 Å². The molecule has 0 aliphatic heterocycles. The number of aromatic nitrogens is 1. The summed E-state index contributed by atoms with van der Waals surface area (Å²) in [5.74, 6) is -0.303. The van der Waals surface area contributed by atoms with E-state index in [-0.39, 0.29) is 5.82 Å². The van der Waals surface area contributed by atoms with Crippen LogP contribution >= 0.6 is 0 Å². The number of nitrogens with two attached hydrogens (primary N) is 2. The largest absolute Gasteiger partial charge is 0.399 e. The van der Waals surface area contributed by atoms with Gasteiger partial charge < -0.3 is 21.4 Å². The maximum absolute atomic E-state index is 13.4. The molecule has 5 heteroatoms. The average molecular weight is 507 g/mol. The van der Waals surface area contributed by atoms with Crippen LogP contribution in [0.4, 0.5) is 15.8 Å². The summed E-state index contributed by atoms with van der Waals surface area (Å²) in [6.07, 6.45) is 3.16. The van der Waals surface area contributed by atoms with Crippen molar-refractivity contribution in [3.05, 3.63) is 102 Å². The van der Waals surface area contributed by atoms with E-state index < -0.39 is 0 Å². The first-order valence-corrected chi connectivity index (χ1v) is 12.9. The fraction of sp³-hybridized carbons (Fsp3) is 0.312. The number of nitrogens with zero attached hydrogens (tertiary/aromatic N) is 1. The Hall–Kier alpha value is -3.73. The van der Waals surface area contributed by atoms with Crippen LogP contribution in [0.2, 0.25) is 0 Å². The van der Waals surface area contributed by atoms with E-state index >= 15 is 0 Å². The molecule has 0 fully saturated rings. The number of nitrogens with one attached hydrogen (secondary N) is 1. The fourth-order valence-corrected chi connectivity index (χ4v) is 3.94. The summed E-state index contributed by atoms with van der Waals surface area (Å²) in [7, 11) is 0. The lowest BCUT2D eigenvalue weighted by Gasteiger charge is -2.21. The van der Waals surface area contributed by atoms with E-state index in [2.05, 4.69) is 73.8 Å². The molecule has 5 N–H and O–H groups in total. The Labute approximate surface area is 224 Å². The molecule has 0 bridgehead atoms. The van der Waals surface area contributed by atoms with Gasteiger partial charge in [-0.3, -0.25) is 0 Å². The van der Waals surface area contributed by atoms with Gasteiger partial charge in [-0.15, -0.1) is 13.2 Å². The minimum atomic E-state index is -0.303. The lowest BCUT2D eigenvalue weighted by Crippen LogP contribution is -2.23. The Balaban J connectivity index is 0.000000688. The lowest BCUT2D eigenvalue weighted by atomic mass is 10.0. The molecule has 0 radical (unpaired) electrons. The van der Waals surface area contributed by atoms with Crippen molar-refractivity contribution < 1.29 is 4.39 Å². The molecule has 4 nitrogen and oxygen atoms in total. The minimum Gasteiger partial charge on any atom is -0.399 e. The molecule has 0 saturated heterocycles. The van der Waals surface area contributed by atoms with Crippen LogP contribution in [0.1, 0.15) is 69.1 Å². The zero-order valence-corrected chi connectivity index (χ0v) is 23.9. The maximum atomic E-state index is 13.4. The number of para-hydroxylation sites is 1. The van der Waals surface area contributed by atoms with Gasteiger partial charge in [0.25, 0.3) is 0 Å². The number of rotatable bonds is 7. The SMILES string of the molecule is C=C.C=C(N)c1c(C)[nH]c(/C=C(\C)c2cc(F)ccc2N)c1C.CC.CCCN(CC)c1ccccc1. The van der Waals surface area contributed by atoms with Crippen LogP contribution in [0.15, 0.2) is 68.3 Å². The molecule has 0 aliphatic rings. The van der Waals surface area contributed by atoms with Crippen molar-refractivity contribution in [3.63, 3.8) is 0 Å². The van der Waals surface area contributed by atoms with Crippen molar-refractivity contribution in [2.75, 3.05) is 23.7 Å². The molecule has 2 aromatic carbocycles. The van der Waals surface area contributed by atoms with Gasteiger partial charge in [-0.2, -0.15) is 0 Å². The Bertz CT molecular complexity index is 1110. The van der Waals surface area contributed by atoms with E-state index in [1.165, 1.54) is 24.2 Å². The normalized spacial score (nSPS) is 10.1. The lowest BCUT2D eigenvalue weighted by molar-refractivity contribution is 0.627. The van der Waals surface area contributed by atoms with Gasteiger partial charge in [0.05, 0.1) is 0 Å². The third kappa shape index (κ3) is 10.0. The molecule has 0 spiro atoms. The maximum Gasteiger partial charge on any atom is 0.123 e. The monoisotopic (exact) mass is 506 g/mol. The Morgan fingerprint density at radius 1 is 1.05 bits per heavy atom. The molecule has 1 aromatic heterocycles. The zero-order valence-electron chi connectivity index (χ0n) is 23.9. The quantitative estimate of drug-likeness (QED) is 0.222. The standard InChI is InChI=1S/C17H20FN3.C11H17N.C2H6.C2H4/c1-9(14-8-13(18)5-6-15(14)20)7-16-10(2)17(11(3)19)12(4)21-16;1-3-10-12(4-2)11-8-6-5-7-9-11;2*1-2/h5-8,21H,3,19-20H2,1-2,4H3;5-9H,3-4,10H2,1-2H3;1-2H3;1-2H2/b9-7+;;;. The van der Waals surface area contributed by atoms with Crippen LogP contribution in [0.5, 0.6) is 0 Å². The molecule has 202 valence electrons. The van der Waals surface area contributed by atoms with E-state index in [4.69, 9.17) is 11.5 Å². The first kappa shape index (κ1) is 33.3. The molecule has 0 unspecified atom stereocenters. The van der Waals surface area contributed by atoms with Gasteiger partial charge in [0, 0.05) is 52.7 Å². The predicted molar refractivity (Wildman–Crippen MR) is 165 cm³/mol. The smallest absolute Gasteiger partial charge is 0.123 e. The molecule has 3 aromatic rings. The van der Waals surface area contributed by atoms with Crippen LogP contribution in [0, 0.1) is 19.7 Å². The highest BCUT2D eigenvalue weighted by Gasteiger charge is 2.12. The zero-order chi connectivity index (χ0) is 28.5. The van der Waals surface area contributed by atoms with Gasteiger partial charge >= 0.3 is 0 Å². The van der Waals surface area contributed by atoms with E-state index in [0.29, 0.717) is 16.9 Å². The van der Waals surface area contributed by atoms with Crippen LogP contribution < -0.4 is 16.4 Å². The number of nitrogen functional groups attached to an aromatic ring is 1. The van der Waals surface area contributed by atoms with E-state index in [0.717, 1.165) is 41.2 Å². The number of hydrogen-bond acceptors (Lipinski definition) is 3. The summed E-state index contributed by atoms with van der Waals surface area (Å²) >= 11 is 0. The minimum absolute atomic E-state index is 0.303. The first-order valence-electron chi connectivity index (χ1n) is 12.9. The van der Waals surface area contributed by atoms with Crippen LogP contribution in [-0.2, 0) is 0 Å². The van der Waals surface area contributed by atoms with Gasteiger partial charge in [0.15, 0.2) is 0 Å². The Kier molecular flexibility index (Phi) is 15.9. The molecule has 0 saturated carbocycles. The summed E-state index contributed by atoms with van der Waals surface area (Å²) in [4.78, 5) is 5.67. The number of aryl methyl sites for hydroxylation is 1. The highest BCUT2D eigenvalue weighted by Crippen LogP contribution is 2.28. The topological polar surface area (TPSA) is 71.1 Å². The summed E-state index contributed by atoms with van der Waals surface area (Å²) < 4.78 is 13.4. The summed E-state index contributed by atoms with van der Waals surface area (Å²) in [5.41, 5.74) is 19.6. The van der Waals surface area contributed by atoms with Crippen LogP contribution in [0.3, 0.4) is 0 Å². The molecular weight excluding hydrogens is 459 g/mol. The second-order valence-corrected chi connectivity index (χ2v) is 8.16. The third-order valence-electron chi connectivity index (χ3n) is 5.59. The Morgan fingerprint density at radius 3 is 2.14 bits per heavy atom. The molecule has 37 heavy (non-hydrogen) atoms. The fourth-order valence-electron chi connectivity index (χ4n) is 3.94. The number of H-pyrrole nitrogens is 1. The Morgan fingerprint density at radius 2 is 1.65 bits per heavy atom. The molecular formula is C32H47FN4. The molecule has 3 rings (SSSR count). The van der Waals surface area contributed by atoms with Gasteiger partial charge in [0.2, 0.25) is 0 Å². The van der Waals surface area contributed by atoms with E-state index in [1.807, 2.05) is 40.7 Å². The highest BCUT2D eigenvalue weighted by atomic mass is 19.1. The number of hydrogen-bond donors (Lipinski definition) is 3. The molecule has 0 aliphatic carbocycles. The third-order valence-corrected chi connectivity index (χ3v) is 5.59. The van der Waals surface area contributed by atoms with Crippen molar-refractivity contribution in [1.29, 1.82) is 0 Å². The second kappa shape index (κ2) is 17.7. The van der Waals surface area contributed by atoms with Crippen molar-refractivity contribution in [1.82, 2.24) is 4.98 Å². The predicted octanol–water partition coefficient (Wildman–Crippen LogP) is 8.59. The summed E-state index contributed by atoms with van der Waals surface area (Å²) in [5, 5.41) is 0. The van der Waals surface area contributed by atoms with Crippen molar-refractivity contribution in [3.8, 4) is 0 Å². The molecule has 0 amide bonds. The first-order chi connectivity index (χ1) is 17.7. The number of halogens is 1. The van der Waals surface area contributed by atoms with E-state index in [9.17, 15) is 4.39 Å². The van der Waals surface area contributed by atoms with Crippen LogP contribution in [0.25, 0.3) is 17.3 Å². The summed E-state index contributed by atoms with van der Waals surface area (Å²) in [6.45, 7) is 26.3. The second-order valence-electron chi connectivity index (χ2n) is 8.16. The number of anilines is 2. The van der Waals surface area contributed by atoms with Gasteiger partial charge in [-0.25, -0.2) is 4.39 Å².